The van der Waals surface area contributed by atoms with Crippen molar-refractivity contribution in [2.45, 2.75) is 31.7 Å². The fourth-order valence-electron chi connectivity index (χ4n) is 3.52. The number of alkyl halides is 3. The molecule has 1 N–H and O–H groups in total. The number of halogens is 3. The third-order valence-electron chi connectivity index (χ3n) is 5.24. The summed E-state index contributed by atoms with van der Waals surface area (Å²) in [6, 6.07) is 15.2. The van der Waals surface area contributed by atoms with Gasteiger partial charge in [0.15, 0.2) is 6.29 Å². The van der Waals surface area contributed by atoms with E-state index in [0.29, 0.717) is 4.88 Å². The van der Waals surface area contributed by atoms with Gasteiger partial charge in [0.25, 0.3) is 0 Å². The van der Waals surface area contributed by atoms with Gasteiger partial charge in [0.05, 0.1) is 17.6 Å². The summed E-state index contributed by atoms with van der Waals surface area (Å²) in [7, 11) is 0. The van der Waals surface area contributed by atoms with Crippen LogP contribution >= 0.6 is 11.3 Å². The molecule has 4 aromatic rings. The quantitative estimate of drug-likeness (QED) is 0.415. The van der Waals surface area contributed by atoms with E-state index < -0.39 is 23.9 Å². The SMILES string of the molecule is CCC(O)(c1cn(Cc2ccc3c(-c4ccccc4)c(C=O)sc3c2)nn1)C(F)(F)F. The minimum Gasteiger partial charge on any atom is -0.375 e. The molecule has 0 radical (unpaired) electrons. The molecule has 0 aliphatic heterocycles. The van der Waals surface area contributed by atoms with Gasteiger partial charge in [0, 0.05) is 15.6 Å². The van der Waals surface area contributed by atoms with Gasteiger partial charge in [-0.3, -0.25) is 4.79 Å². The maximum absolute atomic E-state index is 13.3. The summed E-state index contributed by atoms with van der Waals surface area (Å²) in [5.41, 5.74) is -0.977. The highest BCUT2D eigenvalue weighted by Gasteiger charge is 2.55. The fourth-order valence-corrected chi connectivity index (χ4v) is 4.63. The molecule has 2 aromatic carbocycles. The van der Waals surface area contributed by atoms with Gasteiger partial charge in [0.1, 0.15) is 5.69 Å². The topological polar surface area (TPSA) is 68.0 Å². The molecule has 2 heterocycles. The van der Waals surface area contributed by atoms with E-state index in [2.05, 4.69) is 10.3 Å². The van der Waals surface area contributed by atoms with Gasteiger partial charge < -0.3 is 5.11 Å². The normalized spacial score (nSPS) is 14.0. The van der Waals surface area contributed by atoms with E-state index in [4.69, 9.17) is 0 Å². The van der Waals surface area contributed by atoms with Crippen LogP contribution in [0.5, 0.6) is 0 Å². The number of nitrogens with zero attached hydrogens (tertiary/aromatic N) is 3. The van der Waals surface area contributed by atoms with Crippen LogP contribution in [0, 0.1) is 0 Å². The lowest BCUT2D eigenvalue weighted by molar-refractivity contribution is -0.269. The number of benzene rings is 2. The van der Waals surface area contributed by atoms with E-state index in [-0.39, 0.29) is 6.54 Å². The van der Waals surface area contributed by atoms with E-state index in [1.807, 2.05) is 48.5 Å². The van der Waals surface area contributed by atoms with Crippen molar-refractivity contribution >= 4 is 27.7 Å². The Kier molecular flexibility index (Phi) is 5.40. The lowest BCUT2D eigenvalue weighted by atomic mass is 9.96. The molecule has 0 saturated carbocycles. The van der Waals surface area contributed by atoms with E-state index in [9.17, 15) is 23.1 Å². The average molecular weight is 445 g/mol. The van der Waals surface area contributed by atoms with Crippen molar-refractivity contribution < 1.29 is 23.1 Å². The Labute approximate surface area is 179 Å². The first-order chi connectivity index (χ1) is 14.8. The maximum Gasteiger partial charge on any atom is 0.423 e. The van der Waals surface area contributed by atoms with Crippen LogP contribution in [0.2, 0.25) is 0 Å². The molecule has 0 fully saturated rings. The van der Waals surface area contributed by atoms with E-state index in [1.165, 1.54) is 22.9 Å². The molecule has 0 bridgehead atoms. The molecular formula is C22H18F3N3O2S. The molecule has 9 heteroatoms. The van der Waals surface area contributed by atoms with Crippen LogP contribution in [0.15, 0.2) is 54.7 Å². The predicted molar refractivity (Wildman–Crippen MR) is 112 cm³/mol. The van der Waals surface area contributed by atoms with Crippen molar-refractivity contribution in [1.82, 2.24) is 15.0 Å². The summed E-state index contributed by atoms with van der Waals surface area (Å²) < 4.78 is 41.9. The summed E-state index contributed by atoms with van der Waals surface area (Å²) in [5, 5.41) is 18.3. The molecule has 0 aliphatic carbocycles. The first kappa shape index (κ1) is 21.2. The van der Waals surface area contributed by atoms with Gasteiger partial charge >= 0.3 is 6.18 Å². The number of fused-ring (bicyclic) bond motifs is 1. The molecule has 160 valence electrons. The molecule has 31 heavy (non-hydrogen) atoms. The molecular weight excluding hydrogens is 427 g/mol. The predicted octanol–water partition coefficient (Wildman–Crippen LogP) is 5.18. The van der Waals surface area contributed by atoms with Crippen molar-refractivity contribution in [3.05, 3.63) is 70.9 Å². The van der Waals surface area contributed by atoms with Crippen molar-refractivity contribution in [3.63, 3.8) is 0 Å². The van der Waals surface area contributed by atoms with Crippen LogP contribution in [0.3, 0.4) is 0 Å². The molecule has 0 saturated heterocycles. The summed E-state index contributed by atoms with van der Waals surface area (Å²) in [6.45, 7) is 1.42. The first-order valence-electron chi connectivity index (χ1n) is 9.52. The molecule has 4 rings (SSSR count). The average Bonchev–Trinajstić information content (AvgIpc) is 3.37. The van der Waals surface area contributed by atoms with E-state index in [0.717, 1.165) is 39.3 Å². The highest BCUT2D eigenvalue weighted by Crippen LogP contribution is 2.41. The van der Waals surface area contributed by atoms with Gasteiger partial charge in [-0.05, 0) is 23.6 Å². The Balaban J connectivity index is 1.67. The van der Waals surface area contributed by atoms with Gasteiger partial charge in [-0.15, -0.1) is 16.4 Å². The fraction of sp³-hybridized carbons (Fsp3) is 0.227. The minimum atomic E-state index is -4.85. The number of aliphatic hydroxyl groups is 1. The van der Waals surface area contributed by atoms with Crippen LogP contribution in [-0.2, 0) is 12.1 Å². The smallest absolute Gasteiger partial charge is 0.375 e. The lowest BCUT2D eigenvalue weighted by Crippen LogP contribution is -2.42. The number of carbonyl (C=O) groups is 1. The Morgan fingerprint density at radius 2 is 1.90 bits per heavy atom. The van der Waals surface area contributed by atoms with Crippen LogP contribution in [0.1, 0.15) is 34.3 Å². The Hall–Kier alpha value is -3.04. The summed E-state index contributed by atoms with van der Waals surface area (Å²) in [4.78, 5) is 12.2. The molecule has 2 aromatic heterocycles. The highest BCUT2D eigenvalue weighted by atomic mass is 32.1. The van der Waals surface area contributed by atoms with Crippen LogP contribution in [0.25, 0.3) is 21.2 Å². The number of rotatable bonds is 6. The third-order valence-corrected chi connectivity index (χ3v) is 6.32. The number of aromatic nitrogens is 3. The molecule has 1 unspecified atom stereocenters. The molecule has 0 aliphatic rings. The summed E-state index contributed by atoms with van der Waals surface area (Å²) in [5.74, 6) is 0. The van der Waals surface area contributed by atoms with Crippen LogP contribution in [0.4, 0.5) is 13.2 Å². The Bertz CT molecular complexity index is 1230. The Morgan fingerprint density at radius 3 is 2.55 bits per heavy atom. The zero-order chi connectivity index (χ0) is 22.2. The number of hydrogen-bond acceptors (Lipinski definition) is 5. The number of thiophene rings is 1. The monoisotopic (exact) mass is 445 g/mol. The number of carbonyl (C=O) groups excluding carboxylic acids is 1. The summed E-state index contributed by atoms with van der Waals surface area (Å²) >= 11 is 1.36. The highest BCUT2D eigenvalue weighted by molar-refractivity contribution is 7.21. The van der Waals surface area contributed by atoms with Gasteiger partial charge in [0.2, 0.25) is 5.60 Å². The van der Waals surface area contributed by atoms with Crippen LogP contribution < -0.4 is 0 Å². The van der Waals surface area contributed by atoms with Crippen LogP contribution in [-0.4, -0.2) is 32.6 Å². The Morgan fingerprint density at radius 1 is 1.16 bits per heavy atom. The minimum absolute atomic E-state index is 0.176. The second kappa shape index (κ2) is 7.90. The van der Waals surface area contributed by atoms with Crippen molar-refractivity contribution in [2.75, 3.05) is 0 Å². The van der Waals surface area contributed by atoms with Gasteiger partial charge in [-0.1, -0.05) is 54.6 Å². The van der Waals surface area contributed by atoms with Gasteiger partial charge in [-0.25, -0.2) is 4.68 Å². The number of aldehydes is 1. The second-order valence-corrected chi connectivity index (χ2v) is 8.25. The molecule has 0 amide bonds. The summed E-state index contributed by atoms with van der Waals surface area (Å²) in [6.07, 6.45) is -3.47. The van der Waals surface area contributed by atoms with Crippen molar-refractivity contribution in [3.8, 4) is 11.1 Å². The lowest BCUT2D eigenvalue weighted by Gasteiger charge is -2.26. The maximum atomic E-state index is 13.3. The van der Waals surface area contributed by atoms with Crippen molar-refractivity contribution in [2.24, 2.45) is 0 Å². The first-order valence-corrected chi connectivity index (χ1v) is 10.3. The number of hydrogen-bond donors (Lipinski definition) is 1. The largest absolute Gasteiger partial charge is 0.423 e. The molecule has 1 atom stereocenters. The zero-order valence-electron chi connectivity index (χ0n) is 16.4. The zero-order valence-corrected chi connectivity index (χ0v) is 17.2. The molecule has 0 spiro atoms. The standard InChI is InChI=1S/C22H18F3N3O2S/c1-2-21(30,22(23,24)25)19-12-28(27-26-19)11-14-8-9-16-17(10-14)31-18(13-29)20(16)15-6-4-3-5-7-15/h3-10,12-13,30H,2,11H2,1H3. The van der Waals surface area contributed by atoms with E-state index >= 15 is 0 Å². The third kappa shape index (κ3) is 3.75. The molecule has 5 nitrogen and oxygen atoms in total. The van der Waals surface area contributed by atoms with Gasteiger partial charge in [-0.2, -0.15) is 13.2 Å². The van der Waals surface area contributed by atoms with E-state index in [1.54, 1.807) is 0 Å². The second-order valence-electron chi connectivity index (χ2n) is 7.17. The van der Waals surface area contributed by atoms with Crippen molar-refractivity contribution in [1.29, 1.82) is 0 Å².